The summed E-state index contributed by atoms with van der Waals surface area (Å²) in [6.07, 6.45) is 5.10. The normalized spacial score (nSPS) is 10.8. The first-order chi connectivity index (χ1) is 12.2. The highest BCUT2D eigenvalue weighted by Crippen LogP contribution is 2.20. The third-order valence-electron chi connectivity index (χ3n) is 3.76. The SMILES string of the molecule is Cc1ncccc1-c1nc2c(C(=O)Nc3ccccn3)cccn2n1. The van der Waals surface area contributed by atoms with Gasteiger partial charge in [-0.25, -0.2) is 14.5 Å². The Kier molecular flexibility index (Phi) is 3.66. The van der Waals surface area contributed by atoms with E-state index in [1.807, 2.05) is 25.1 Å². The van der Waals surface area contributed by atoms with Crippen LogP contribution in [0.3, 0.4) is 0 Å². The molecule has 7 nitrogen and oxygen atoms in total. The number of aryl methyl sites for hydroxylation is 1. The molecular weight excluding hydrogens is 316 g/mol. The quantitative estimate of drug-likeness (QED) is 0.624. The Morgan fingerprint density at radius 2 is 1.92 bits per heavy atom. The van der Waals surface area contributed by atoms with E-state index in [2.05, 4.69) is 25.4 Å². The highest BCUT2D eigenvalue weighted by atomic mass is 16.1. The predicted octanol–water partition coefficient (Wildman–Crippen LogP) is 2.75. The van der Waals surface area contributed by atoms with Gasteiger partial charge in [0.2, 0.25) is 0 Å². The van der Waals surface area contributed by atoms with Gasteiger partial charge in [0, 0.05) is 29.8 Å². The maximum absolute atomic E-state index is 12.6. The number of hydrogen-bond donors (Lipinski definition) is 1. The largest absolute Gasteiger partial charge is 0.306 e. The monoisotopic (exact) mass is 330 g/mol. The van der Waals surface area contributed by atoms with E-state index in [1.54, 1.807) is 47.4 Å². The molecule has 0 aliphatic carbocycles. The average molecular weight is 330 g/mol. The summed E-state index contributed by atoms with van der Waals surface area (Å²) in [7, 11) is 0. The lowest BCUT2D eigenvalue weighted by atomic mass is 10.2. The van der Waals surface area contributed by atoms with Gasteiger partial charge in [-0.15, -0.1) is 5.10 Å². The van der Waals surface area contributed by atoms with Crippen LogP contribution in [0.1, 0.15) is 16.1 Å². The van der Waals surface area contributed by atoms with E-state index in [-0.39, 0.29) is 5.91 Å². The van der Waals surface area contributed by atoms with Crippen molar-refractivity contribution in [2.45, 2.75) is 6.92 Å². The molecule has 0 fully saturated rings. The number of pyridine rings is 3. The molecule has 4 aromatic heterocycles. The molecule has 0 aromatic carbocycles. The third-order valence-corrected chi connectivity index (χ3v) is 3.76. The van der Waals surface area contributed by atoms with Crippen molar-refractivity contribution < 1.29 is 4.79 Å². The highest BCUT2D eigenvalue weighted by molar-refractivity contribution is 6.07. The predicted molar refractivity (Wildman–Crippen MR) is 93.1 cm³/mol. The Morgan fingerprint density at radius 3 is 2.72 bits per heavy atom. The second-order valence-electron chi connectivity index (χ2n) is 5.43. The lowest BCUT2D eigenvalue weighted by molar-refractivity contribution is 0.102. The summed E-state index contributed by atoms with van der Waals surface area (Å²) in [6.45, 7) is 1.90. The zero-order valence-electron chi connectivity index (χ0n) is 13.4. The number of nitrogens with zero attached hydrogens (tertiary/aromatic N) is 5. The van der Waals surface area contributed by atoms with Gasteiger partial charge in [0.05, 0.1) is 5.56 Å². The number of carbonyl (C=O) groups is 1. The first kappa shape index (κ1) is 14.9. The summed E-state index contributed by atoms with van der Waals surface area (Å²) >= 11 is 0. The number of anilines is 1. The zero-order chi connectivity index (χ0) is 17.2. The minimum Gasteiger partial charge on any atom is -0.306 e. The van der Waals surface area contributed by atoms with Crippen LogP contribution in [-0.4, -0.2) is 30.5 Å². The van der Waals surface area contributed by atoms with Gasteiger partial charge in [0.15, 0.2) is 11.5 Å². The Hall–Kier alpha value is -3.61. The maximum atomic E-state index is 12.6. The van der Waals surface area contributed by atoms with E-state index in [1.165, 1.54) is 0 Å². The van der Waals surface area contributed by atoms with Crippen LogP contribution in [0.25, 0.3) is 17.0 Å². The fourth-order valence-corrected chi connectivity index (χ4v) is 2.54. The molecule has 4 aromatic rings. The first-order valence-corrected chi connectivity index (χ1v) is 7.72. The summed E-state index contributed by atoms with van der Waals surface area (Å²) in [4.78, 5) is 25.5. The number of hydrogen-bond acceptors (Lipinski definition) is 5. The third kappa shape index (κ3) is 2.83. The van der Waals surface area contributed by atoms with Gasteiger partial charge in [-0.1, -0.05) is 6.07 Å². The second-order valence-corrected chi connectivity index (χ2v) is 5.43. The van der Waals surface area contributed by atoms with Gasteiger partial charge in [0.25, 0.3) is 5.91 Å². The molecule has 25 heavy (non-hydrogen) atoms. The first-order valence-electron chi connectivity index (χ1n) is 7.72. The summed E-state index contributed by atoms with van der Waals surface area (Å²) < 4.78 is 1.59. The lowest BCUT2D eigenvalue weighted by Crippen LogP contribution is -2.14. The minimum atomic E-state index is -0.286. The lowest BCUT2D eigenvalue weighted by Gasteiger charge is -2.04. The molecule has 0 atom stereocenters. The van der Waals surface area contributed by atoms with Crippen molar-refractivity contribution in [2.24, 2.45) is 0 Å². The van der Waals surface area contributed by atoms with Crippen molar-refractivity contribution >= 4 is 17.4 Å². The van der Waals surface area contributed by atoms with Crippen LogP contribution in [0, 0.1) is 6.92 Å². The van der Waals surface area contributed by atoms with Crippen molar-refractivity contribution in [3.8, 4) is 11.4 Å². The van der Waals surface area contributed by atoms with Gasteiger partial charge in [-0.3, -0.25) is 9.78 Å². The van der Waals surface area contributed by atoms with Crippen molar-refractivity contribution in [3.05, 3.63) is 72.3 Å². The van der Waals surface area contributed by atoms with Gasteiger partial charge in [-0.05, 0) is 43.3 Å². The minimum absolute atomic E-state index is 0.286. The number of aromatic nitrogens is 5. The summed E-state index contributed by atoms with van der Waals surface area (Å²) in [5, 5.41) is 7.23. The van der Waals surface area contributed by atoms with Crippen LogP contribution in [-0.2, 0) is 0 Å². The van der Waals surface area contributed by atoms with Gasteiger partial charge in [0.1, 0.15) is 5.82 Å². The Labute approximate surface area is 143 Å². The molecule has 0 saturated heterocycles. The van der Waals surface area contributed by atoms with Crippen molar-refractivity contribution in [1.29, 1.82) is 0 Å². The molecule has 0 bridgehead atoms. The average Bonchev–Trinajstić information content (AvgIpc) is 3.06. The zero-order valence-corrected chi connectivity index (χ0v) is 13.4. The van der Waals surface area contributed by atoms with Crippen LogP contribution in [0.2, 0.25) is 0 Å². The molecule has 0 unspecified atom stereocenters. The fourth-order valence-electron chi connectivity index (χ4n) is 2.54. The molecule has 0 saturated carbocycles. The molecular formula is C18H14N6O. The van der Waals surface area contributed by atoms with E-state index in [0.717, 1.165) is 11.3 Å². The second kappa shape index (κ2) is 6.12. The molecule has 122 valence electrons. The van der Waals surface area contributed by atoms with E-state index in [4.69, 9.17) is 0 Å². The van der Waals surface area contributed by atoms with E-state index >= 15 is 0 Å². The molecule has 7 heteroatoms. The molecule has 1 amide bonds. The molecule has 4 rings (SSSR count). The Bertz CT molecular complexity index is 1060. The van der Waals surface area contributed by atoms with Crippen molar-refractivity contribution in [1.82, 2.24) is 24.6 Å². The smallest absolute Gasteiger partial charge is 0.260 e. The Morgan fingerprint density at radius 1 is 1.04 bits per heavy atom. The van der Waals surface area contributed by atoms with Gasteiger partial charge < -0.3 is 5.32 Å². The van der Waals surface area contributed by atoms with Gasteiger partial charge in [-0.2, -0.15) is 0 Å². The highest BCUT2D eigenvalue weighted by Gasteiger charge is 2.16. The number of rotatable bonds is 3. The number of carbonyl (C=O) groups excluding carboxylic acids is 1. The molecule has 0 aliphatic heterocycles. The molecule has 0 aliphatic rings. The van der Waals surface area contributed by atoms with E-state index < -0.39 is 0 Å². The standard InChI is InChI=1S/C18H14N6O/c1-12-13(6-4-10-19-12)16-22-17-14(7-5-11-24(17)23-16)18(25)21-15-8-2-3-9-20-15/h2-11H,1H3,(H,20,21,25). The maximum Gasteiger partial charge on any atom is 0.260 e. The van der Waals surface area contributed by atoms with Crippen molar-refractivity contribution in [2.75, 3.05) is 5.32 Å². The van der Waals surface area contributed by atoms with E-state index in [9.17, 15) is 4.79 Å². The van der Waals surface area contributed by atoms with E-state index in [0.29, 0.717) is 22.9 Å². The molecule has 0 spiro atoms. The fraction of sp³-hybridized carbons (Fsp3) is 0.0556. The molecule has 0 radical (unpaired) electrons. The number of nitrogens with one attached hydrogen (secondary N) is 1. The van der Waals surface area contributed by atoms with Crippen LogP contribution in [0.4, 0.5) is 5.82 Å². The molecule has 1 N–H and O–H groups in total. The summed E-state index contributed by atoms with van der Waals surface area (Å²) in [6, 6.07) is 12.5. The molecule has 4 heterocycles. The number of amides is 1. The summed E-state index contributed by atoms with van der Waals surface area (Å²) in [5.41, 5.74) is 2.57. The summed E-state index contributed by atoms with van der Waals surface area (Å²) in [5.74, 6) is 0.729. The van der Waals surface area contributed by atoms with Gasteiger partial charge >= 0.3 is 0 Å². The van der Waals surface area contributed by atoms with Crippen LogP contribution < -0.4 is 5.32 Å². The van der Waals surface area contributed by atoms with Crippen LogP contribution in [0.5, 0.6) is 0 Å². The van der Waals surface area contributed by atoms with Crippen LogP contribution in [0.15, 0.2) is 61.1 Å². The number of fused-ring (bicyclic) bond motifs is 1. The van der Waals surface area contributed by atoms with Crippen molar-refractivity contribution in [3.63, 3.8) is 0 Å². The topological polar surface area (TPSA) is 85.1 Å². The van der Waals surface area contributed by atoms with Crippen LogP contribution >= 0.6 is 0 Å². The Balaban J connectivity index is 1.75.